The van der Waals surface area contributed by atoms with Crippen molar-refractivity contribution in [3.63, 3.8) is 0 Å². The fourth-order valence-corrected chi connectivity index (χ4v) is 1.67. The summed E-state index contributed by atoms with van der Waals surface area (Å²) in [4.78, 5) is 15.7. The molecule has 1 unspecified atom stereocenters. The van der Waals surface area contributed by atoms with Gasteiger partial charge in [0.1, 0.15) is 6.33 Å². The Morgan fingerprint density at radius 1 is 1.30 bits per heavy atom. The van der Waals surface area contributed by atoms with Crippen LogP contribution in [0.5, 0.6) is 6.01 Å². The van der Waals surface area contributed by atoms with Gasteiger partial charge in [0.25, 0.3) is 0 Å². The van der Waals surface area contributed by atoms with E-state index < -0.39 is 12.1 Å². The molecular weight excluding hydrogens is 258 g/mol. The van der Waals surface area contributed by atoms with Crippen LogP contribution in [-0.2, 0) is 9.53 Å². The third-order valence-corrected chi connectivity index (χ3v) is 2.66. The highest BCUT2D eigenvalue weighted by Gasteiger charge is 2.21. The maximum absolute atomic E-state index is 11.6. The van der Waals surface area contributed by atoms with Crippen LogP contribution in [0.1, 0.15) is 20.3 Å². The van der Waals surface area contributed by atoms with Gasteiger partial charge >= 0.3 is 12.0 Å². The minimum atomic E-state index is -0.679. The number of rotatable bonds is 6. The van der Waals surface area contributed by atoms with Crippen LogP contribution in [-0.4, -0.2) is 33.4 Å². The number of carbonyl (C=O) groups excluding carboxylic acids is 1. The Bertz CT molecular complexity index is 554. The van der Waals surface area contributed by atoms with Crippen LogP contribution in [0.3, 0.4) is 0 Å². The molecule has 0 saturated carbocycles. The Morgan fingerprint density at radius 3 is 2.70 bits per heavy atom. The molecule has 2 rings (SSSR count). The van der Waals surface area contributed by atoms with Gasteiger partial charge in [0.15, 0.2) is 6.10 Å². The number of carbonyl (C=O) groups is 1. The predicted octanol–water partition coefficient (Wildman–Crippen LogP) is 1.99. The van der Waals surface area contributed by atoms with Crippen molar-refractivity contribution >= 4 is 5.97 Å². The van der Waals surface area contributed by atoms with Crippen LogP contribution in [0.15, 0.2) is 36.7 Å². The minimum absolute atomic E-state index is 0.161. The molecule has 0 aliphatic heterocycles. The number of nitrogens with zero attached hydrogens (tertiary/aromatic N) is 3. The van der Waals surface area contributed by atoms with Crippen molar-refractivity contribution in [3.8, 4) is 11.7 Å². The third-order valence-electron chi connectivity index (χ3n) is 2.66. The van der Waals surface area contributed by atoms with E-state index in [9.17, 15) is 4.79 Å². The first kappa shape index (κ1) is 14.0. The minimum Gasteiger partial charge on any atom is -0.463 e. The van der Waals surface area contributed by atoms with Gasteiger partial charge in [-0.2, -0.15) is 4.98 Å². The molecule has 1 atom stereocenters. The third kappa shape index (κ3) is 3.34. The number of hydrogen-bond acceptors (Lipinski definition) is 5. The fourth-order valence-electron chi connectivity index (χ4n) is 1.67. The number of benzene rings is 1. The molecule has 1 heterocycles. The van der Waals surface area contributed by atoms with E-state index >= 15 is 0 Å². The largest absolute Gasteiger partial charge is 0.463 e. The number of para-hydroxylation sites is 1. The van der Waals surface area contributed by atoms with Crippen molar-refractivity contribution in [2.45, 2.75) is 26.4 Å². The first-order chi connectivity index (χ1) is 9.74. The standard InChI is InChI=1S/C14H17N3O3/c1-3-12(13(18)19-4-2)20-14-15-10-17(16-14)11-8-6-5-7-9-11/h5-10,12H,3-4H2,1-2H3. The van der Waals surface area contributed by atoms with Crippen LogP contribution in [0.25, 0.3) is 5.69 Å². The Morgan fingerprint density at radius 2 is 2.05 bits per heavy atom. The second-order valence-corrected chi connectivity index (χ2v) is 4.07. The summed E-state index contributed by atoms with van der Waals surface area (Å²) >= 11 is 0. The highest BCUT2D eigenvalue weighted by atomic mass is 16.6. The van der Waals surface area contributed by atoms with Crippen molar-refractivity contribution in [2.75, 3.05) is 6.61 Å². The molecule has 0 bridgehead atoms. The highest BCUT2D eigenvalue weighted by Crippen LogP contribution is 2.11. The van der Waals surface area contributed by atoms with Gasteiger partial charge in [-0.1, -0.05) is 25.1 Å². The summed E-state index contributed by atoms with van der Waals surface area (Å²) in [5.41, 5.74) is 0.874. The average molecular weight is 275 g/mol. The quantitative estimate of drug-likeness (QED) is 0.754. The second kappa shape index (κ2) is 6.70. The van der Waals surface area contributed by atoms with E-state index in [1.807, 2.05) is 37.3 Å². The maximum Gasteiger partial charge on any atom is 0.347 e. The van der Waals surface area contributed by atoms with E-state index in [1.54, 1.807) is 17.9 Å². The topological polar surface area (TPSA) is 66.2 Å². The molecular formula is C14H17N3O3. The fraction of sp³-hybridized carbons (Fsp3) is 0.357. The summed E-state index contributed by atoms with van der Waals surface area (Å²) in [5.74, 6) is -0.397. The highest BCUT2D eigenvalue weighted by molar-refractivity contribution is 5.74. The molecule has 20 heavy (non-hydrogen) atoms. The first-order valence-electron chi connectivity index (χ1n) is 6.55. The monoisotopic (exact) mass is 275 g/mol. The summed E-state index contributed by atoms with van der Waals surface area (Å²) in [6, 6.07) is 9.71. The Balaban J connectivity index is 2.07. The lowest BCUT2D eigenvalue weighted by Gasteiger charge is -2.12. The Hall–Kier alpha value is -2.37. The van der Waals surface area contributed by atoms with Gasteiger partial charge in [-0.15, -0.1) is 5.10 Å². The van der Waals surface area contributed by atoms with Crippen LogP contribution >= 0.6 is 0 Å². The summed E-state index contributed by atoms with van der Waals surface area (Å²) in [5, 5.41) is 4.19. The van der Waals surface area contributed by atoms with Crippen LogP contribution < -0.4 is 4.74 Å². The molecule has 6 nitrogen and oxygen atoms in total. The van der Waals surface area contributed by atoms with E-state index in [2.05, 4.69) is 10.1 Å². The van der Waals surface area contributed by atoms with E-state index in [0.717, 1.165) is 5.69 Å². The molecule has 6 heteroatoms. The molecule has 0 saturated heterocycles. The van der Waals surface area contributed by atoms with Gasteiger partial charge in [-0.05, 0) is 25.5 Å². The molecule has 0 spiro atoms. The van der Waals surface area contributed by atoms with Crippen molar-refractivity contribution < 1.29 is 14.3 Å². The lowest BCUT2D eigenvalue weighted by Crippen LogP contribution is -2.29. The van der Waals surface area contributed by atoms with Crippen LogP contribution in [0, 0.1) is 0 Å². The summed E-state index contributed by atoms with van der Waals surface area (Å²) in [6.45, 7) is 3.92. The lowest BCUT2D eigenvalue weighted by molar-refractivity contribution is -0.151. The number of ether oxygens (including phenoxy) is 2. The molecule has 0 N–H and O–H groups in total. The van der Waals surface area contributed by atoms with E-state index in [-0.39, 0.29) is 6.01 Å². The number of hydrogen-bond donors (Lipinski definition) is 0. The van der Waals surface area contributed by atoms with Gasteiger partial charge in [-0.25, -0.2) is 9.48 Å². The van der Waals surface area contributed by atoms with Crippen molar-refractivity contribution in [2.24, 2.45) is 0 Å². The number of esters is 1. The second-order valence-electron chi connectivity index (χ2n) is 4.07. The lowest BCUT2D eigenvalue weighted by atomic mass is 10.3. The molecule has 0 fully saturated rings. The van der Waals surface area contributed by atoms with Crippen LogP contribution in [0.2, 0.25) is 0 Å². The normalized spacial score (nSPS) is 11.9. The van der Waals surface area contributed by atoms with Crippen molar-refractivity contribution in [1.82, 2.24) is 14.8 Å². The predicted molar refractivity (Wildman–Crippen MR) is 72.7 cm³/mol. The molecule has 0 aliphatic rings. The zero-order chi connectivity index (χ0) is 14.4. The zero-order valence-corrected chi connectivity index (χ0v) is 11.5. The van der Waals surface area contributed by atoms with E-state index in [0.29, 0.717) is 13.0 Å². The molecule has 0 radical (unpaired) electrons. The molecule has 0 aliphatic carbocycles. The Labute approximate surface area is 117 Å². The van der Waals surface area contributed by atoms with Gasteiger partial charge in [0.2, 0.25) is 0 Å². The molecule has 1 aromatic heterocycles. The average Bonchev–Trinajstić information content (AvgIpc) is 2.94. The van der Waals surface area contributed by atoms with Gasteiger partial charge in [0, 0.05) is 0 Å². The van der Waals surface area contributed by atoms with Crippen molar-refractivity contribution in [1.29, 1.82) is 0 Å². The SMILES string of the molecule is CCOC(=O)C(CC)Oc1ncn(-c2ccccc2)n1. The summed E-state index contributed by atoms with van der Waals surface area (Å²) < 4.78 is 12.0. The number of aromatic nitrogens is 3. The molecule has 1 aromatic carbocycles. The maximum atomic E-state index is 11.6. The molecule has 106 valence electrons. The summed E-state index contributed by atoms with van der Waals surface area (Å²) in [6.07, 6.45) is 1.36. The van der Waals surface area contributed by atoms with E-state index in [1.165, 1.54) is 0 Å². The van der Waals surface area contributed by atoms with E-state index in [4.69, 9.17) is 9.47 Å². The summed E-state index contributed by atoms with van der Waals surface area (Å²) in [7, 11) is 0. The van der Waals surface area contributed by atoms with Crippen molar-refractivity contribution in [3.05, 3.63) is 36.7 Å². The first-order valence-corrected chi connectivity index (χ1v) is 6.55. The van der Waals surface area contributed by atoms with Gasteiger partial charge in [0.05, 0.1) is 12.3 Å². The smallest absolute Gasteiger partial charge is 0.347 e. The Kier molecular flexibility index (Phi) is 4.70. The van der Waals surface area contributed by atoms with Gasteiger partial charge < -0.3 is 9.47 Å². The van der Waals surface area contributed by atoms with Crippen LogP contribution in [0.4, 0.5) is 0 Å². The molecule has 2 aromatic rings. The van der Waals surface area contributed by atoms with Gasteiger partial charge in [-0.3, -0.25) is 0 Å². The zero-order valence-electron chi connectivity index (χ0n) is 11.5. The molecule has 0 amide bonds.